The molecule has 0 aliphatic carbocycles. The van der Waals surface area contributed by atoms with Gasteiger partial charge in [0.1, 0.15) is 0 Å². The third-order valence-corrected chi connectivity index (χ3v) is 14.0. The molecule has 2 aliphatic heterocycles. The maximum Gasteiger partial charge on any atom is 2.00 e. The van der Waals surface area contributed by atoms with Crippen LogP contribution in [0.5, 0.6) is 0 Å². The molecule has 3 unspecified atom stereocenters. The molecule has 0 amide bonds. The molecule has 2 heterocycles. The average Bonchev–Trinajstić information content (AvgIpc) is 3.62. The van der Waals surface area contributed by atoms with Crippen LogP contribution in [0.15, 0.2) is 36.4 Å². The molecule has 234 valence electrons. The van der Waals surface area contributed by atoms with Gasteiger partial charge in [-0.25, -0.2) is 18.2 Å². The van der Waals surface area contributed by atoms with Crippen LogP contribution in [0.1, 0.15) is 131 Å². The van der Waals surface area contributed by atoms with E-state index in [4.69, 9.17) is 0 Å². The summed E-state index contributed by atoms with van der Waals surface area (Å²) in [7, 11) is 3.24. The zero-order chi connectivity index (χ0) is 30.1. The van der Waals surface area contributed by atoms with E-state index in [0.717, 1.165) is 13.1 Å². The molecule has 3 atom stereocenters. The molecule has 41 heavy (non-hydrogen) atoms. The molecule has 2 N–H and O–H groups in total. The fraction of sp³-hybridized carbons (Fsp3) is 0.722. The molecule has 0 bridgehead atoms. The maximum absolute atomic E-state index is 3.96. The molecule has 2 fully saturated rings. The maximum atomic E-state index is 3.96. The number of nitrogens with one attached hydrogen (secondary N) is 2. The van der Waals surface area contributed by atoms with Gasteiger partial charge in [0.2, 0.25) is 0 Å². The molecule has 2 aromatic rings. The Morgan fingerprint density at radius 2 is 1.29 bits per heavy atom. The van der Waals surface area contributed by atoms with Crippen molar-refractivity contribution in [3.05, 3.63) is 58.7 Å². The standard InChI is InChI=1S/C31H57N2P2.C5H5.Fe/c1-27(2,3)23-19-22(31(34,24-15-13-17-32-24)25-16-14-18-33-25)21(26(23)28(4,5)6)20-35(29(7,8)9)30(10,11)12;1-2-4-5-3-1;/h19,24-25,32-33H,13-18,20,34H2,1-12H3;1-5H;/q2*-1;+2. The fourth-order valence-electron chi connectivity index (χ4n) is 7.36. The van der Waals surface area contributed by atoms with Crippen LogP contribution in [0.4, 0.5) is 0 Å². The van der Waals surface area contributed by atoms with Gasteiger partial charge in [-0.15, -0.1) is 14.8 Å². The van der Waals surface area contributed by atoms with Crippen molar-refractivity contribution in [1.82, 2.24) is 10.6 Å². The van der Waals surface area contributed by atoms with Crippen LogP contribution in [0.2, 0.25) is 0 Å². The molecule has 2 aromatic carbocycles. The smallest absolute Gasteiger partial charge is 0.314 e. The Labute approximate surface area is 268 Å². The van der Waals surface area contributed by atoms with Crippen LogP contribution >= 0.6 is 17.2 Å². The normalized spacial score (nSPS) is 21.8. The topological polar surface area (TPSA) is 24.1 Å². The Bertz CT molecular complexity index is 998. The third kappa shape index (κ3) is 8.80. The zero-order valence-electron chi connectivity index (χ0n) is 28.4. The van der Waals surface area contributed by atoms with Gasteiger partial charge < -0.3 is 10.6 Å². The first-order chi connectivity index (χ1) is 18.3. The van der Waals surface area contributed by atoms with E-state index < -0.39 is 0 Å². The predicted octanol–water partition coefficient (Wildman–Crippen LogP) is 9.56. The molecule has 0 spiro atoms. The van der Waals surface area contributed by atoms with Gasteiger partial charge in [0.15, 0.2) is 0 Å². The minimum Gasteiger partial charge on any atom is -0.314 e. The fourth-order valence-corrected chi connectivity index (χ4v) is 11.8. The van der Waals surface area contributed by atoms with Gasteiger partial charge in [-0.05, 0) is 65.8 Å². The number of hydrogen-bond acceptors (Lipinski definition) is 2. The van der Waals surface area contributed by atoms with Crippen molar-refractivity contribution in [2.45, 2.75) is 153 Å². The summed E-state index contributed by atoms with van der Waals surface area (Å²) in [6, 6.07) is 13.7. The second-order valence-corrected chi connectivity index (χ2v) is 21.3. The molecule has 0 saturated carbocycles. The van der Waals surface area contributed by atoms with Gasteiger partial charge >= 0.3 is 17.1 Å². The van der Waals surface area contributed by atoms with Gasteiger partial charge in [0, 0.05) is 12.1 Å². The summed E-state index contributed by atoms with van der Waals surface area (Å²) < 4.78 is 0. The molecule has 0 radical (unpaired) electrons. The SMILES string of the molecule is CC(C)(C)c1cc(C(P)(C2CCCN2)C2CCCN2)c(CP(C(C)(C)C)C(C)(C)C)[c-]1C(C)(C)C.[Fe+2].c1cc[cH-]c1. The first-order valence-corrected chi connectivity index (χ1v) is 17.9. The Hall–Kier alpha value is -0.000519. The molecular formula is C36H62FeN2P2. The van der Waals surface area contributed by atoms with Gasteiger partial charge in [0.25, 0.3) is 0 Å². The van der Waals surface area contributed by atoms with Crippen LogP contribution in [-0.2, 0) is 39.2 Å². The Balaban J connectivity index is 0.000000883. The van der Waals surface area contributed by atoms with Crippen LogP contribution in [-0.4, -0.2) is 35.5 Å². The van der Waals surface area contributed by atoms with Crippen molar-refractivity contribution < 1.29 is 17.1 Å². The van der Waals surface area contributed by atoms with E-state index in [0.29, 0.717) is 22.4 Å². The van der Waals surface area contributed by atoms with E-state index in [1.54, 1.807) is 22.3 Å². The Morgan fingerprint density at radius 3 is 1.59 bits per heavy atom. The van der Waals surface area contributed by atoms with Gasteiger partial charge in [-0.3, -0.25) is 0 Å². The summed E-state index contributed by atoms with van der Waals surface area (Å²) in [5.41, 5.74) is 6.79. The van der Waals surface area contributed by atoms with E-state index in [-0.39, 0.29) is 41.0 Å². The molecule has 2 aliphatic rings. The molecule has 0 aromatic heterocycles. The van der Waals surface area contributed by atoms with E-state index in [2.05, 4.69) is 109 Å². The van der Waals surface area contributed by atoms with Crippen LogP contribution in [0, 0.1) is 0 Å². The summed E-state index contributed by atoms with van der Waals surface area (Å²) in [5, 5.41) is 8.57. The zero-order valence-corrected chi connectivity index (χ0v) is 31.6. The first-order valence-electron chi connectivity index (χ1n) is 15.8. The Morgan fingerprint density at radius 1 is 0.829 bits per heavy atom. The largest absolute Gasteiger partial charge is 2.00 e. The average molecular weight is 641 g/mol. The second-order valence-electron chi connectivity index (χ2n) is 16.4. The minimum absolute atomic E-state index is 0. The number of hydrogen-bond donors (Lipinski definition) is 2. The second kappa shape index (κ2) is 14.0. The predicted molar refractivity (Wildman–Crippen MR) is 185 cm³/mol. The molecule has 2 saturated heterocycles. The van der Waals surface area contributed by atoms with Crippen molar-refractivity contribution in [2.24, 2.45) is 0 Å². The first kappa shape index (κ1) is 37.2. The van der Waals surface area contributed by atoms with E-state index in [9.17, 15) is 0 Å². The Kier molecular flexibility index (Phi) is 12.7. The van der Waals surface area contributed by atoms with Gasteiger partial charge in [-0.1, -0.05) is 96.4 Å². The van der Waals surface area contributed by atoms with Crippen molar-refractivity contribution in [2.75, 3.05) is 13.1 Å². The van der Waals surface area contributed by atoms with Crippen molar-refractivity contribution in [1.29, 1.82) is 0 Å². The van der Waals surface area contributed by atoms with E-state index in [1.807, 2.05) is 30.3 Å². The summed E-state index contributed by atoms with van der Waals surface area (Å²) in [4.78, 5) is 0. The number of rotatable bonds is 5. The van der Waals surface area contributed by atoms with Crippen molar-refractivity contribution >= 4 is 17.2 Å². The minimum atomic E-state index is -0.243. The molecule has 4 rings (SSSR count). The summed E-state index contributed by atoms with van der Waals surface area (Å²) in [6.45, 7) is 31.8. The quantitative estimate of drug-likeness (QED) is 0.193. The summed E-state index contributed by atoms with van der Waals surface area (Å²) >= 11 is 0. The van der Waals surface area contributed by atoms with Crippen molar-refractivity contribution in [3.8, 4) is 0 Å². The van der Waals surface area contributed by atoms with Crippen LogP contribution in [0.3, 0.4) is 0 Å². The monoisotopic (exact) mass is 640 g/mol. The van der Waals surface area contributed by atoms with E-state index >= 15 is 0 Å². The molecule has 2 nitrogen and oxygen atoms in total. The summed E-state index contributed by atoms with van der Waals surface area (Å²) in [6.07, 6.45) is 6.34. The van der Waals surface area contributed by atoms with Gasteiger partial charge in [0.05, 0.1) is 0 Å². The molecule has 5 heteroatoms. The van der Waals surface area contributed by atoms with Gasteiger partial charge in [-0.2, -0.15) is 34.9 Å². The van der Waals surface area contributed by atoms with E-state index in [1.165, 1.54) is 31.8 Å². The van der Waals surface area contributed by atoms with Crippen molar-refractivity contribution in [3.63, 3.8) is 0 Å². The summed E-state index contributed by atoms with van der Waals surface area (Å²) in [5.74, 6) is 0. The van der Waals surface area contributed by atoms with Crippen LogP contribution < -0.4 is 10.6 Å². The molecular weight excluding hydrogens is 578 g/mol. The van der Waals surface area contributed by atoms with Crippen LogP contribution in [0.25, 0.3) is 0 Å². The third-order valence-electron chi connectivity index (χ3n) is 8.97.